The molecule has 1 rings (SSSR count). The van der Waals surface area contributed by atoms with E-state index in [2.05, 4.69) is 12.3 Å². The highest BCUT2D eigenvalue weighted by Gasteiger charge is 2.32. The second kappa shape index (κ2) is 5.19. The molecule has 0 saturated carbocycles. The second-order valence-electron chi connectivity index (χ2n) is 4.49. The number of ether oxygens (including phenoxy) is 1. The first-order valence-electron chi connectivity index (χ1n) is 5.65. The van der Waals surface area contributed by atoms with Crippen LogP contribution in [0.1, 0.15) is 31.9 Å². The molecule has 0 aliphatic heterocycles. The van der Waals surface area contributed by atoms with E-state index in [1.54, 1.807) is 7.11 Å². The van der Waals surface area contributed by atoms with Gasteiger partial charge in [-0.3, -0.25) is 10.2 Å². The standard InChI is InChI=1S/C13H20N2O2/c1-5-9-6-7-11(17-4)10(8-9)13(2,3)12(16)15-14/h6-8H,5,14H2,1-4H3,(H,15,16). The number of rotatable bonds is 4. The molecule has 3 N–H and O–H groups in total. The number of carbonyl (C=O) groups is 1. The predicted molar refractivity (Wildman–Crippen MR) is 67.7 cm³/mol. The van der Waals surface area contributed by atoms with Crippen molar-refractivity contribution in [2.75, 3.05) is 7.11 Å². The molecule has 4 nitrogen and oxygen atoms in total. The lowest BCUT2D eigenvalue weighted by Crippen LogP contribution is -2.43. The highest BCUT2D eigenvalue weighted by molar-refractivity contribution is 5.87. The van der Waals surface area contributed by atoms with Crippen LogP contribution in [0.25, 0.3) is 0 Å². The van der Waals surface area contributed by atoms with Gasteiger partial charge in [0.1, 0.15) is 5.75 Å². The van der Waals surface area contributed by atoms with Crippen molar-refractivity contribution in [3.8, 4) is 5.75 Å². The summed E-state index contributed by atoms with van der Waals surface area (Å²) in [6, 6.07) is 5.88. The summed E-state index contributed by atoms with van der Waals surface area (Å²) in [5.41, 5.74) is 3.50. The number of aryl methyl sites for hydroxylation is 1. The van der Waals surface area contributed by atoms with Crippen LogP contribution in [-0.2, 0) is 16.6 Å². The lowest BCUT2D eigenvalue weighted by molar-refractivity contribution is -0.125. The summed E-state index contributed by atoms with van der Waals surface area (Å²) >= 11 is 0. The first-order chi connectivity index (χ1) is 7.97. The number of benzene rings is 1. The predicted octanol–water partition coefficient (Wildman–Crippen LogP) is 1.53. The van der Waals surface area contributed by atoms with Crippen LogP contribution in [0.2, 0.25) is 0 Å². The summed E-state index contributed by atoms with van der Waals surface area (Å²) in [5.74, 6) is 5.69. The Labute approximate surface area is 102 Å². The van der Waals surface area contributed by atoms with E-state index in [9.17, 15) is 4.79 Å². The van der Waals surface area contributed by atoms with Gasteiger partial charge in [0.05, 0.1) is 12.5 Å². The van der Waals surface area contributed by atoms with Crippen molar-refractivity contribution in [1.29, 1.82) is 0 Å². The van der Waals surface area contributed by atoms with Crippen molar-refractivity contribution in [3.63, 3.8) is 0 Å². The Morgan fingerprint density at radius 1 is 1.47 bits per heavy atom. The van der Waals surface area contributed by atoms with Gasteiger partial charge in [-0.25, -0.2) is 5.84 Å². The van der Waals surface area contributed by atoms with Gasteiger partial charge < -0.3 is 4.74 Å². The van der Waals surface area contributed by atoms with E-state index in [0.717, 1.165) is 12.0 Å². The van der Waals surface area contributed by atoms with E-state index < -0.39 is 5.41 Å². The molecule has 0 radical (unpaired) electrons. The molecule has 94 valence electrons. The van der Waals surface area contributed by atoms with Gasteiger partial charge in [0.2, 0.25) is 5.91 Å². The Morgan fingerprint density at radius 2 is 2.12 bits per heavy atom. The molecule has 0 aliphatic rings. The first kappa shape index (κ1) is 13.5. The minimum absolute atomic E-state index is 0.232. The van der Waals surface area contributed by atoms with Crippen molar-refractivity contribution in [2.45, 2.75) is 32.6 Å². The maximum Gasteiger partial charge on any atom is 0.244 e. The Balaban J connectivity index is 3.31. The molecule has 1 amide bonds. The fraction of sp³-hybridized carbons (Fsp3) is 0.462. The Bertz CT molecular complexity index is 414. The lowest BCUT2D eigenvalue weighted by Gasteiger charge is -2.25. The largest absolute Gasteiger partial charge is 0.496 e. The van der Waals surface area contributed by atoms with Gasteiger partial charge in [-0.1, -0.05) is 19.1 Å². The smallest absolute Gasteiger partial charge is 0.244 e. The monoisotopic (exact) mass is 236 g/mol. The third-order valence-corrected chi connectivity index (χ3v) is 3.04. The van der Waals surface area contributed by atoms with Crippen LogP contribution in [-0.4, -0.2) is 13.0 Å². The molecule has 0 spiro atoms. The normalized spacial score (nSPS) is 11.1. The van der Waals surface area contributed by atoms with Crippen LogP contribution in [0.3, 0.4) is 0 Å². The summed E-state index contributed by atoms with van der Waals surface area (Å²) in [4.78, 5) is 11.8. The molecule has 0 bridgehead atoms. The van der Waals surface area contributed by atoms with Gasteiger partial charge in [0.25, 0.3) is 0 Å². The molecule has 0 aromatic heterocycles. The molecular formula is C13H20N2O2. The number of hydrogen-bond acceptors (Lipinski definition) is 3. The first-order valence-corrected chi connectivity index (χ1v) is 5.65. The van der Waals surface area contributed by atoms with E-state index in [0.29, 0.717) is 5.75 Å². The van der Waals surface area contributed by atoms with Crippen LogP contribution in [0, 0.1) is 0 Å². The van der Waals surface area contributed by atoms with E-state index >= 15 is 0 Å². The highest BCUT2D eigenvalue weighted by Crippen LogP contribution is 2.32. The number of nitrogens with two attached hydrogens (primary N) is 1. The molecule has 0 saturated heterocycles. The van der Waals surface area contributed by atoms with Crippen molar-refractivity contribution in [3.05, 3.63) is 29.3 Å². The van der Waals surface area contributed by atoms with Gasteiger partial charge in [-0.2, -0.15) is 0 Å². The maximum absolute atomic E-state index is 11.8. The SMILES string of the molecule is CCc1ccc(OC)c(C(C)(C)C(=O)NN)c1. The number of carbonyl (C=O) groups excluding carboxylic acids is 1. The molecule has 0 fully saturated rings. The van der Waals surface area contributed by atoms with Crippen molar-refractivity contribution in [1.82, 2.24) is 5.43 Å². The van der Waals surface area contributed by atoms with Crippen LogP contribution >= 0.6 is 0 Å². The fourth-order valence-corrected chi connectivity index (χ4v) is 1.77. The summed E-state index contributed by atoms with van der Waals surface area (Å²) < 4.78 is 5.31. The van der Waals surface area contributed by atoms with Gasteiger partial charge in [-0.15, -0.1) is 0 Å². The molecule has 0 unspecified atom stereocenters. The molecule has 0 atom stereocenters. The molecule has 4 heteroatoms. The zero-order valence-electron chi connectivity index (χ0n) is 10.8. The lowest BCUT2D eigenvalue weighted by atomic mass is 9.82. The summed E-state index contributed by atoms with van der Waals surface area (Å²) in [6.45, 7) is 5.72. The Morgan fingerprint density at radius 3 is 2.59 bits per heavy atom. The Kier molecular flexibility index (Phi) is 4.12. The number of hydrazine groups is 1. The number of methoxy groups -OCH3 is 1. The highest BCUT2D eigenvalue weighted by atomic mass is 16.5. The average Bonchev–Trinajstić information content (AvgIpc) is 2.36. The topological polar surface area (TPSA) is 64.3 Å². The third-order valence-electron chi connectivity index (χ3n) is 3.04. The van der Waals surface area contributed by atoms with Crippen molar-refractivity contribution in [2.24, 2.45) is 5.84 Å². The quantitative estimate of drug-likeness (QED) is 0.473. The van der Waals surface area contributed by atoms with E-state index in [1.807, 2.05) is 32.0 Å². The van der Waals surface area contributed by atoms with E-state index in [4.69, 9.17) is 10.6 Å². The van der Waals surface area contributed by atoms with Crippen LogP contribution in [0.15, 0.2) is 18.2 Å². The third kappa shape index (κ3) is 2.58. The second-order valence-corrected chi connectivity index (χ2v) is 4.49. The van der Waals surface area contributed by atoms with Gasteiger partial charge in [0, 0.05) is 5.56 Å². The maximum atomic E-state index is 11.8. The summed E-state index contributed by atoms with van der Waals surface area (Å²) in [6.07, 6.45) is 0.914. The van der Waals surface area contributed by atoms with Gasteiger partial charge in [0.15, 0.2) is 0 Å². The van der Waals surface area contributed by atoms with E-state index in [1.165, 1.54) is 5.56 Å². The van der Waals surface area contributed by atoms with Gasteiger partial charge in [-0.05, 0) is 31.9 Å². The van der Waals surface area contributed by atoms with Crippen molar-refractivity contribution >= 4 is 5.91 Å². The zero-order chi connectivity index (χ0) is 13.1. The minimum atomic E-state index is -0.717. The molecule has 0 heterocycles. The van der Waals surface area contributed by atoms with Crippen molar-refractivity contribution < 1.29 is 9.53 Å². The number of amides is 1. The van der Waals surface area contributed by atoms with Gasteiger partial charge >= 0.3 is 0 Å². The number of nitrogens with one attached hydrogen (secondary N) is 1. The summed E-state index contributed by atoms with van der Waals surface area (Å²) in [5, 5.41) is 0. The minimum Gasteiger partial charge on any atom is -0.496 e. The zero-order valence-corrected chi connectivity index (χ0v) is 10.8. The fourth-order valence-electron chi connectivity index (χ4n) is 1.77. The molecule has 1 aromatic carbocycles. The molecular weight excluding hydrogens is 216 g/mol. The Hall–Kier alpha value is -1.55. The molecule has 0 aliphatic carbocycles. The molecule has 1 aromatic rings. The van der Waals surface area contributed by atoms with Crippen LogP contribution < -0.4 is 16.0 Å². The number of hydrogen-bond donors (Lipinski definition) is 2. The van der Waals surface area contributed by atoms with Crippen LogP contribution in [0.4, 0.5) is 0 Å². The average molecular weight is 236 g/mol. The van der Waals surface area contributed by atoms with E-state index in [-0.39, 0.29) is 5.91 Å². The molecule has 17 heavy (non-hydrogen) atoms. The summed E-state index contributed by atoms with van der Waals surface area (Å²) in [7, 11) is 1.60. The van der Waals surface area contributed by atoms with Crippen LogP contribution in [0.5, 0.6) is 5.75 Å².